The average Bonchev–Trinajstić information content (AvgIpc) is 2.43. The van der Waals surface area contributed by atoms with Crippen molar-refractivity contribution in [2.24, 2.45) is 0 Å². The van der Waals surface area contributed by atoms with Gasteiger partial charge < -0.3 is 15.3 Å². The van der Waals surface area contributed by atoms with E-state index < -0.39 is 5.97 Å². The molecule has 2 N–H and O–H groups in total. The minimum atomic E-state index is -0.849. The van der Waals surface area contributed by atoms with Crippen LogP contribution in [-0.4, -0.2) is 35.1 Å². The fraction of sp³-hybridized carbons (Fsp3) is 0.429. The maximum Gasteiger partial charge on any atom is 0.317 e. The molecule has 0 unspecified atom stereocenters. The molecule has 1 aromatic rings. The summed E-state index contributed by atoms with van der Waals surface area (Å²) in [6.45, 7) is 1.52. The van der Waals surface area contributed by atoms with Crippen molar-refractivity contribution in [1.29, 1.82) is 0 Å². The molecule has 0 spiro atoms. The van der Waals surface area contributed by atoms with Gasteiger partial charge in [0.1, 0.15) is 0 Å². The molecule has 0 aromatic heterocycles. The number of aliphatic carboxylic acids is 1. The molecule has 108 valence electrons. The number of fused-ring (bicyclic) bond motifs is 1. The lowest BCUT2D eigenvalue weighted by Crippen LogP contribution is -2.43. The number of rotatable bonds is 4. The Labute approximate surface area is 122 Å². The number of nitrogens with one attached hydrogen (secondary N) is 1. The molecule has 0 aliphatic carbocycles. The summed E-state index contributed by atoms with van der Waals surface area (Å²) in [5.41, 5.74) is 2.19. The normalized spacial score (nSPS) is 13.8. The number of carboxylic acids is 1. The molecule has 0 radical (unpaired) electrons. The Kier molecular flexibility index (Phi) is 4.84. The number of carboxylic acid groups (broad SMARTS) is 1. The minimum absolute atomic E-state index is 0.0644. The van der Waals surface area contributed by atoms with Crippen molar-refractivity contribution in [2.45, 2.75) is 25.8 Å². The number of carbonyl (C=O) groups excluding carboxylic acids is 1. The smallest absolute Gasteiger partial charge is 0.317 e. The van der Waals surface area contributed by atoms with Gasteiger partial charge in [-0.05, 0) is 30.0 Å². The highest BCUT2D eigenvalue weighted by molar-refractivity contribution is 6.31. The molecule has 2 rings (SSSR count). The van der Waals surface area contributed by atoms with Gasteiger partial charge in [-0.2, -0.15) is 0 Å². The van der Waals surface area contributed by atoms with E-state index in [1.165, 1.54) is 5.56 Å². The Morgan fingerprint density at radius 1 is 1.40 bits per heavy atom. The summed E-state index contributed by atoms with van der Waals surface area (Å²) in [6.07, 6.45) is 1.29. The Balaban J connectivity index is 1.87. The number of halogens is 1. The van der Waals surface area contributed by atoms with E-state index in [-0.39, 0.29) is 12.5 Å². The van der Waals surface area contributed by atoms with Crippen molar-refractivity contribution < 1.29 is 14.7 Å². The molecule has 0 atom stereocenters. The highest BCUT2D eigenvalue weighted by Crippen LogP contribution is 2.25. The van der Waals surface area contributed by atoms with Gasteiger partial charge >= 0.3 is 12.0 Å². The molecule has 5 nitrogen and oxygen atoms in total. The average molecular weight is 297 g/mol. The lowest BCUT2D eigenvalue weighted by molar-refractivity contribution is -0.137. The second-order valence-electron chi connectivity index (χ2n) is 4.78. The molecule has 1 heterocycles. The number of carbonyl (C=O) groups is 2. The second-order valence-corrected chi connectivity index (χ2v) is 5.19. The number of amides is 2. The summed E-state index contributed by atoms with van der Waals surface area (Å²) in [5, 5.41) is 12.0. The third-order valence-electron chi connectivity index (χ3n) is 3.35. The van der Waals surface area contributed by atoms with Crippen LogP contribution < -0.4 is 5.32 Å². The minimum Gasteiger partial charge on any atom is -0.481 e. The zero-order valence-corrected chi connectivity index (χ0v) is 11.8. The van der Waals surface area contributed by atoms with Crippen LogP contribution >= 0.6 is 11.6 Å². The largest absolute Gasteiger partial charge is 0.481 e. The van der Waals surface area contributed by atoms with Gasteiger partial charge in [-0.15, -0.1) is 0 Å². The van der Waals surface area contributed by atoms with Gasteiger partial charge in [0, 0.05) is 31.1 Å². The van der Waals surface area contributed by atoms with E-state index in [0.29, 0.717) is 31.1 Å². The van der Waals surface area contributed by atoms with Crippen LogP contribution in [0.3, 0.4) is 0 Å². The molecule has 1 aliphatic rings. The third-order valence-corrected chi connectivity index (χ3v) is 3.70. The number of urea groups is 1. The van der Waals surface area contributed by atoms with Gasteiger partial charge in [-0.25, -0.2) is 4.79 Å². The third kappa shape index (κ3) is 3.63. The van der Waals surface area contributed by atoms with Crippen LogP contribution in [-0.2, 0) is 17.8 Å². The summed E-state index contributed by atoms with van der Waals surface area (Å²) >= 11 is 6.15. The van der Waals surface area contributed by atoms with Crippen LogP contribution in [0, 0.1) is 0 Å². The molecule has 0 saturated carbocycles. The summed E-state index contributed by atoms with van der Waals surface area (Å²) < 4.78 is 0. The Bertz CT molecular complexity index is 519. The van der Waals surface area contributed by atoms with Gasteiger partial charge in [0.2, 0.25) is 0 Å². The van der Waals surface area contributed by atoms with Crippen molar-refractivity contribution in [3.8, 4) is 0 Å². The van der Waals surface area contributed by atoms with Crippen LogP contribution in [0.1, 0.15) is 24.0 Å². The molecule has 0 saturated heterocycles. The zero-order chi connectivity index (χ0) is 14.5. The molecule has 20 heavy (non-hydrogen) atoms. The van der Waals surface area contributed by atoms with Gasteiger partial charge in [-0.3, -0.25) is 4.79 Å². The first-order chi connectivity index (χ1) is 9.58. The van der Waals surface area contributed by atoms with Crippen LogP contribution in [0.15, 0.2) is 18.2 Å². The molecule has 1 aromatic carbocycles. The van der Waals surface area contributed by atoms with Gasteiger partial charge in [0.25, 0.3) is 0 Å². The van der Waals surface area contributed by atoms with E-state index in [9.17, 15) is 9.59 Å². The molecular weight excluding hydrogens is 280 g/mol. The quantitative estimate of drug-likeness (QED) is 0.838. The number of hydrogen-bond donors (Lipinski definition) is 2. The molecule has 1 aliphatic heterocycles. The van der Waals surface area contributed by atoms with E-state index in [2.05, 4.69) is 5.32 Å². The van der Waals surface area contributed by atoms with Crippen molar-refractivity contribution in [3.63, 3.8) is 0 Å². The summed E-state index contributed by atoms with van der Waals surface area (Å²) in [6, 6.07) is 5.61. The van der Waals surface area contributed by atoms with E-state index >= 15 is 0 Å². The number of hydrogen-bond acceptors (Lipinski definition) is 2. The Hall–Kier alpha value is -1.75. The maximum absolute atomic E-state index is 12.0. The molecular formula is C14H17ClN2O3. The Morgan fingerprint density at radius 2 is 2.20 bits per heavy atom. The monoisotopic (exact) mass is 296 g/mol. The first-order valence-electron chi connectivity index (χ1n) is 6.59. The first-order valence-corrected chi connectivity index (χ1v) is 6.96. The zero-order valence-electron chi connectivity index (χ0n) is 11.1. The number of nitrogens with zero attached hydrogens (tertiary/aromatic N) is 1. The highest BCUT2D eigenvalue weighted by atomic mass is 35.5. The van der Waals surface area contributed by atoms with Crippen LogP contribution in [0.25, 0.3) is 0 Å². The van der Waals surface area contributed by atoms with Crippen molar-refractivity contribution in [1.82, 2.24) is 10.2 Å². The second kappa shape index (κ2) is 6.61. The molecule has 6 heteroatoms. The predicted octanol–water partition coefficient (Wildman–Crippen LogP) is 2.27. The van der Waals surface area contributed by atoms with Gasteiger partial charge in [-0.1, -0.05) is 23.7 Å². The summed E-state index contributed by atoms with van der Waals surface area (Å²) in [7, 11) is 0. The van der Waals surface area contributed by atoms with Gasteiger partial charge in [0.15, 0.2) is 0 Å². The Morgan fingerprint density at radius 3 is 2.95 bits per heavy atom. The van der Waals surface area contributed by atoms with Crippen LogP contribution in [0.2, 0.25) is 5.02 Å². The first kappa shape index (κ1) is 14.7. The van der Waals surface area contributed by atoms with Crippen molar-refractivity contribution >= 4 is 23.6 Å². The molecule has 0 fully saturated rings. The van der Waals surface area contributed by atoms with Crippen LogP contribution in [0.5, 0.6) is 0 Å². The standard InChI is InChI=1S/C14H17ClN2O3/c15-12-4-1-3-10-6-8-17(9-11(10)12)14(20)16-7-2-5-13(18)19/h1,3-4H,2,5-9H2,(H,16,20)(H,18,19). The summed E-state index contributed by atoms with van der Waals surface area (Å²) in [5.74, 6) is -0.849. The van der Waals surface area contributed by atoms with E-state index in [4.69, 9.17) is 16.7 Å². The van der Waals surface area contributed by atoms with Crippen molar-refractivity contribution in [3.05, 3.63) is 34.3 Å². The fourth-order valence-corrected chi connectivity index (χ4v) is 2.51. The summed E-state index contributed by atoms with van der Waals surface area (Å²) in [4.78, 5) is 24.1. The predicted molar refractivity (Wildman–Crippen MR) is 75.8 cm³/mol. The SMILES string of the molecule is O=C(O)CCCNC(=O)N1CCc2cccc(Cl)c2C1. The topological polar surface area (TPSA) is 69.6 Å². The lowest BCUT2D eigenvalue weighted by Gasteiger charge is -2.29. The van der Waals surface area contributed by atoms with Gasteiger partial charge in [0.05, 0.1) is 0 Å². The maximum atomic E-state index is 12.0. The van der Waals surface area contributed by atoms with E-state index in [0.717, 1.165) is 12.0 Å². The molecule has 0 bridgehead atoms. The van der Waals surface area contributed by atoms with Crippen molar-refractivity contribution in [2.75, 3.05) is 13.1 Å². The number of benzene rings is 1. The molecule has 2 amide bonds. The van der Waals surface area contributed by atoms with Crippen LogP contribution in [0.4, 0.5) is 4.79 Å². The fourth-order valence-electron chi connectivity index (χ4n) is 2.26. The lowest BCUT2D eigenvalue weighted by atomic mass is 10.00. The highest BCUT2D eigenvalue weighted by Gasteiger charge is 2.21. The van der Waals surface area contributed by atoms with E-state index in [1.54, 1.807) is 4.90 Å². The van der Waals surface area contributed by atoms with E-state index in [1.807, 2.05) is 18.2 Å².